The Morgan fingerprint density at radius 2 is 2.14 bits per heavy atom. The van der Waals surface area contributed by atoms with Crippen LogP contribution >= 0.6 is 0 Å². The van der Waals surface area contributed by atoms with Crippen molar-refractivity contribution in [1.82, 2.24) is 15.1 Å². The van der Waals surface area contributed by atoms with E-state index in [9.17, 15) is 9.59 Å². The Kier molecular flexibility index (Phi) is 4.09. The maximum atomic E-state index is 12.3. The summed E-state index contributed by atoms with van der Waals surface area (Å²) in [4.78, 5) is 24.3. The summed E-state index contributed by atoms with van der Waals surface area (Å²) in [5, 5.41) is 7.26. The quantitative estimate of drug-likeness (QED) is 0.938. The number of hydrogen-bond donors (Lipinski definition) is 1. The second-order valence-corrected chi connectivity index (χ2v) is 5.64. The molecule has 0 saturated heterocycles. The van der Waals surface area contributed by atoms with Gasteiger partial charge >= 0.3 is 0 Å². The summed E-state index contributed by atoms with van der Waals surface area (Å²) in [6, 6.07) is 6.09. The molecule has 116 valence electrons. The molecule has 1 aliphatic rings. The summed E-state index contributed by atoms with van der Waals surface area (Å²) < 4.78 is 6.49. The summed E-state index contributed by atoms with van der Waals surface area (Å²) in [7, 11) is 0. The molecule has 6 heteroatoms. The first kappa shape index (κ1) is 14.6. The summed E-state index contributed by atoms with van der Waals surface area (Å²) in [6.07, 6.45) is 5.85. The zero-order valence-corrected chi connectivity index (χ0v) is 12.5. The van der Waals surface area contributed by atoms with E-state index in [0.29, 0.717) is 11.5 Å². The number of amides is 1. The molecule has 1 N–H and O–H groups in total. The number of nitrogens with zero attached hydrogens (tertiary/aromatic N) is 2. The average molecular weight is 301 g/mol. The lowest BCUT2D eigenvalue weighted by Crippen LogP contribution is -2.40. The molecule has 1 aliphatic carbocycles. The van der Waals surface area contributed by atoms with E-state index in [0.717, 1.165) is 25.7 Å². The number of nitrogens with one attached hydrogen (secondary N) is 1. The van der Waals surface area contributed by atoms with Gasteiger partial charge in [-0.3, -0.25) is 9.59 Å². The third-order valence-electron chi connectivity index (χ3n) is 4.05. The zero-order valence-electron chi connectivity index (χ0n) is 12.5. The summed E-state index contributed by atoms with van der Waals surface area (Å²) in [6.45, 7) is 1.69. The van der Waals surface area contributed by atoms with Crippen molar-refractivity contribution in [3.05, 3.63) is 40.9 Å². The fourth-order valence-electron chi connectivity index (χ4n) is 2.76. The van der Waals surface area contributed by atoms with Crippen LogP contribution in [0.4, 0.5) is 0 Å². The van der Waals surface area contributed by atoms with Gasteiger partial charge in [-0.1, -0.05) is 12.8 Å². The molecule has 2 aromatic rings. The van der Waals surface area contributed by atoms with Crippen LogP contribution < -0.4 is 10.9 Å². The molecule has 1 fully saturated rings. The first-order valence-corrected chi connectivity index (χ1v) is 7.59. The molecule has 0 radical (unpaired) electrons. The molecular formula is C16H19N3O3. The van der Waals surface area contributed by atoms with Gasteiger partial charge in [0, 0.05) is 12.1 Å². The van der Waals surface area contributed by atoms with Crippen molar-refractivity contribution in [2.24, 2.45) is 0 Å². The number of carbonyl (C=O) groups excluding carboxylic acids is 1. The Morgan fingerprint density at radius 3 is 2.82 bits per heavy atom. The Hall–Kier alpha value is -2.37. The molecule has 22 heavy (non-hydrogen) atoms. The topological polar surface area (TPSA) is 77.1 Å². The van der Waals surface area contributed by atoms with Gasteiger partial charge in [-0.15, -0.1) is 0 Å². The number of hydrogen-bond acceptors (Lipinski definition) is 4. The molecule has 1 amide bonds. The molecular weight excluding hydrogens is 282 g/mol. The molecule has 0 bridgehead atoms. The molecule has 6 nitrogen and oxygen atoms in total. The standard InChI is InChI=1S/C16H19N3O3/c1-11(16(21)17-12-5-2-3-6-12)19-15(20)9-8-13(18-19)14-7-4-10-22-14/h4,7-12H,2-3,5-6H2,1H3,(H,17,21). The van der Waals surface area contributed by atoms with Crippen LogP contribution in [0.3, 0.4) is 0 Å². The highest BCUT2D eigenvalue weighted by Gasteiger charge is 2.23. The molecule has 0 aromatic carbocycles. The minimum atomic E-state index is -0.650. The fraction of sp³-hybridized carbons (Fsp3) is 0.438. The number of carbonyl (C=O) groups is 1. The van der Waals surface area contributed by atoms with Crippen LogP contribution in [-0.4, -0.2) is 21.7 Å². The lowest BCUT2D eigenvalue weighted by Gasteiger charge is -2.17. The first-order valence-electron chi connectivity index (χ1n) is 7.59. The van der Waals surface area contributed by atoms with Gasteiger partial charge in [0.05, 0.1) is 6.26 Å². The van der Waals surface area contributed by atoms with Gasteiger partial charge in [0.2, 0.25) is 5.91 Å². The number of aromatic nitrogens is 2. The largest absolute Gasteiger partial charge is 0.463 e. The minimum absolute atomic E-state index is 0.168. The Morgan fingerprint density at radius 1 is 1.36 bits per heavy atom. The maximum Gasteiger partial charge on any atom is 0.267 e. The summed E-state index contributed by atoms with van der Waals surface area (Å²) >= 11 is 0. The second kappa shape index (κ2) is 6.17. The van der Waals surface area contributed by atoms with E-state index in [2.05, 4.69) is 10.4 Å². The van der Waals surface area contributed by atoms with Crippen molar-refractivity contribution in [2.75, 3.05) is 0 Å². The van der Waals surface area contributed by atoms with Crippen LogP contribution in [-0.2, 0) is 4.79 Å². The van der Waals surface area contributed by atoms with Crippen LogP contribution in [0.1, 0.15) is 38.6 Å². The predicted molar refractivity (Wildman–Crippen MR) is 81.3 cm³/mol. The molecule has 1 saturated carbocycles. The van der Waals surface area contributed by atoms with Gasteiger partial charge in [-0.05, 0) is 38.0 Å². The molecule has 0 spiro atoms. The van der Waals surface area contributed by atoms with Gasteiger partial charge in [0.15, 0.2) is 5.76 Å². The van der Waals surface area contributed by atoms with Crippen LogP contribution in [0.15, 0.2) is 39.7 Å². The van der Waals surface area contributed by atoms with Crippen LogP contribution in [0, 0.1) is 0 Å². The fourth-order valence-corrected chi connectivity index (χ4v) is 2.76. The van der Waals surface area contributed by atoms with Crippen LogP contribution in [0.25, 0.3) is 11.5 Å². The Balaban J connectivity index is 1.81. The SMILES string of the molecule is CC(C(=O)NC1CCCC1)n1nc(-c2ccco2)ccc1=O. The molecule has 2 heterocycles. The summed E-state index contributed by atoms with van der Waals surface area (Å²) in [5.74, 6) is 0.398. The van der Waals surface area contributed by atoms with Crippen molar-refractivity contribution >= 4 is 5.91 Å². The molecule has 3 rings (SSSR count). The minimum Gasteiger partial charge on any atom is -0.463 e. The van der Waals surface area contributed by atoms with Gasteiger partial charge in [-0.25, -0.2) is 4.68 Å². The van der Waals surface area contributed by atoms with Gasteiger partial charge in [0.1, 0.15) is 11.7 Å². The monoisotopic (exact) mass is 301 g/mol. The summed E-state index contributed by atoms with van der Waals surface area (Å²) in [5.41, 5.74) is 0.231. The Labute approximate surface area is 128 Å². The van der Waals surface area contributed by atoms with E-state index in [1.165, 1.54) is 10.7 Å². The molecule has 2 aromatic heterocycles. The highest BCUT2D eigenvalue weighted by Crippen LogP contribution is 2.19. The molecule has 1 unspecified atom stereocenters. The van der Waals surface area contributed by atoms with Gasteiger partial charge < -0.3 is 9.73 Å². The van der Waals surface area contributed by atoms with E-state index in [4.69, 9.17) is 4.42 Å². The molecule has 0 aliphatic heterocycles. The molecule has 1 atom stereocenters. The zero-order chi connectivity index (χ0) is 15.5. The van der Waals surface area contributed by atoms with Crippen molar-refractivity contribution in [3.63, 3.8) is 0 Å². The van der Waals surface area contributed by atoms with E-state index in [-0.39, 0.29) is 17.5 Å². The first-order chi connectivity index (χ1) is 10.6. The van der Waals surface area contributed by atoms with E-state index >= 15 is 0 Å². The van der Waals surface area contributed by atoms with Crippen LogP contribution in [0.5, 0.6) is 0 Å². The predicted octanol–water partition coefficient (Wildman–Crippen LogP) is 2.12. The van der Waals surface area contributed by atoms with Crippen molar-refractivity contribution < 1.29 is 9.21 Å². The number of furan rings is 1. The highest BCUT2D eigenvalue weighted by atomic mass is 16.3. The second-order valence-electron chi connectivity index (χ2n) is 5.64. The van der Waals surface area contributed by atoms with Crippen LogP contribution in [0.2, 0.25) is 0 Å². The normalized spacial score (nSPS) is 16.6. The lowest BCUT2D eigenvalue weighted by molar-refractivity contribution is -0.124. The smallest absolute Gasteiger partial charge is 0.267 e. The van der Waals surface area contributed by atoms with Crippen molar-refractivity contribution in [3.8, 4) is 11.5 Å². The van der Waals surface area contributed by atoms with Gasteiger partial charge in [-0.2, -0.15) is 5.10 Å². The average Bonchev–Trinajstić information content (AvgIpc) is 3.20. The van der Waals surface area contributed by atoms with E-state index in [1.807, 2.05) is 0 Å². The third-order valence-corrected chi connectivity index (χ3v) is 4.05. The third kappa shape index (κ3) is 2.95. The van der Waals surface area contributed by atoms with E-state index in [1.54, 1.807) is 31.4 Å². The maximum absolute atomic E-state index is 12.3. The van der Waals surface area contributed by atoms with Crippen molar-refractivity contribution in [2.45, 2.75) is 44.7 Å². The Bertz CT molecular complexity index is 700. The highest BCUT2D eigenvalue weighted by molar-refractivity contribution is 5.80. The van der Waals surface area contributed by atoms with Crippen molar-refractivity contribution in [1.29, 1.82) is 0 Å². The van der Waals surface area contributed by atoms with E-state index < -0.39 is 6.04 Å². The van der Waals surface area contributed by atoms with Gasteiger partial charge in [0.25, 0.3) is 5.56 Å². The number of rotatable bonds is 4. The lowest BCUT2D eigenvalue weighted by atomic mass is 10.2.